The fourth-order valence-corrected chi connectivity index (χ4v) is 2.91. The first-order chi connectivity index (χ1) is 12.1. The molecule has 130 valence electrons. The Morgan fingerprint density at radius 3 is 2.80 bits per heavy atom. The summed E-state index contributed by atoms with van der Waals surface area (Å²) < 4.78 is 0. The van der Waals surface area contributed by atoms with Crippen molar-refractivity contribution in [2.24, 2.45) is 5.92 Å². The zero-order valence-corrected chi connectivity index (χ0v) is 13.7. The first kappa shape index (κ1) is 16.8. The van der Waals surface area contributed by atoms with E-state index in [0.29, 0.717) is 18.9 Å². The van der Waals surface area contributed by atoms with Gasteiger partial charge in [0.1, 0.15) is 12.0 Å². The van der Waals surface area contributed by atoms with Crippen LogP contribution in [0.4, 0.5) is 11.5 Å². The molecule has 8 heteroatoms. The maximum absolute atomic E-state index is 12.4. The highest BCUT2D eigenvalue weighted by Crippen LogP contribution is 2.23. The van der Waals surface area contributed by atoms with Crippen LogP contribution < -0.4 is 10.2 Å². The topological polar surface area (TPSA) is 101 Å². The van der Waals surface area contributed by atoms with Gasteiger partial charge in [0.05, 0.1) is 10.8 Å². The number of aromatic nitrogens is 2. The van der Waals surface area contributed by atoms with Gasteiger partial charge in [-0.25, -0.2) is 4.98 Å². The second kappa shape index (κ2) is 7.69. The lowest BCUT2D eigenvalue weighted by Crippen LogP contribution is -2.43. The molecule has 0 saturated carbocycles. The Morgan fingerprint density at radius 1 is 1.32 bits per heavy atom. The average Bonchev–Trinajstić information content (AvgIpc) is 2.67. The van der Waals surface area contributed by atoms with Gasteiger partial charge in [-0.1, -0.05) is 0 Å². The molecule has 1 saturated heterocycles. The number of rotatable bonds is 5. The van der Waals surface area contributed by atoms with Crippen molar-refractivity contribution in [3.05, 3.63) is 58.5 Å². The van der Waals surface area contributed by atoms with Crippen molar-refractivity contribution in [3.63, 3.8) is 0 Å². The number of amides is 1. The smallest absolute Gasteiger partial charge is 0.287 e. The van der Waals surface area contributed by atoms with E-state index in [1.54, 1.807) is 18.5 Å². The van der Waals surface area contributed by atoms with Crippen molar-refractivity contribution in [1.29, 1.82) is 0 Å². The lowest BCUT2D eigenvalue weighted by Gasteiger charge is -2.32. The summed E-state index contributed by atoms with van der Waals surface area (Å²) in [5.74, 6) is 0.563. The average molecular weight is 341 g/mol. The molecule has 2 aromatic rings. The maximum atomic E-state index is 12.4. The van der Waals surface area contributed by atoms with Crippen molar-refractivity contribution < 1.29 is 9.72 Å². The largest absolute Gasteiger partial charge is 0.356 e. The minimum atomic E-state index is -0.470. The molecule has 3 heterocycles. The summed E-state index contributed by atoms with van der Waals surface area (Å²) in [4.78, 5) is 32.8. The van der Waals surface area contributed by atoms with E-state index in [1.165, 1.54) is 12.3 Å². The number of carbonyl (C=O) groups is 1. The number of nitrogens with one attached hydrogen (secondary N) is 1. The molecule has 1 aliphatic rings. The SMILES string of the molecule is O=C(NCc1ccncc1)[C@H]1CCCN(c2ccc([N+](=O)[O-])cn2)C1. The molecular weight excluding hydrogens is 322 g/mol. The summed E-state index contributed by atoms with van der Waals surface area (Å²) in [6, 6.07) is 6.81. The Labute approximate surface area is 145 Å². The first-order valence-electron chi connectivity index (χ1n) is 8.15. The number of pyridine rings is 2. The Kier molecular flexibility index (Phi) is 5.17. The second-order valence-electron chi connectivity index (χ2n) is 5.99. The second-order valence-corrected chi connectivity index (χ2v) is 5.99. The number of nitro groups is 1. The fraction of sp³-hybridized carbons (Fsp3) is 0.353. The number of anilines is 1. The molecule has 3 rings (SSSR count). The van der Waals surface area contributed by atoms with Gasteiger partial charge in [-0.2, -0.15) is 0 Å². The highest BCUT2D eigenvalue weighted by Gasteiger charge is 2.26. The molecule has 0 spiro atoms. The summed E-state index contributed by atoms with van der Waals surface area (Å²) >= 11 is 0. The summed E-state index contributed by atoms with van der Waals surface area (Å²) in [6.45, 7) is 1.83. The van der Waals surface area contributed by atoms with Gasteiger partial charge in [0.2, 0.25) is 5.91 Å². The predicted octanol–water partition coefficient (Wildman–Crippen LogP) is 1.92. The molecule has 25 heavy (non-hydrogen) atoms. The van der Waals surface area contributed by atoms with Crippen LogP contribution in [0, 0.1) is 16.0 Å². The van der Waals surface area contributed by atoms with Crippen LogP contribution in [0.1, 0.15) is 18.4 Å². The fourth-order valence-electron chi connectivity index (χ4n) is 2.91. The van der Waals surface area contributed by atoms with Crippen LogP contribution in [-0.2, 0) is 11.3 Å². The minimum absolute atomic E-state index is 0.0171. The van der Waals surface area contributed by atoms with E-state index in [9.17, 15) is 14.9 Å². The first-order valence-corrected chi connectivity index (χ1v) is 8.15. The molecule has 1 fully saturated rings. The number of hydrogen-bond donors (Lipinski definition) is 1. The third kappa shape index (κ3) is 4.28. The molecule has 8 nitrogen and oxygen atoms in total. The quantitative estimate of drug-likeness (QED) is 0.658. The molecule has 1 amide bonds. The molecule has 0 unspecified atom stereocenters. The van der Waals surface area contributed by atoms with Crippen molar-refractivity contribution in [2.75, 3.05) is 18.0 Å². The molecule has 1 atom stereocenters. The molecule has 1 aliphatic heterocycles. The van der Waals surface area contributed by atoms with Crippen LogP contribution in [-0.4, -0.2) is 33.9 Å². The maximum Gasteiger partial charge on any atom is 0.287 e. The third-order valence-electron chi connectivity index (χ3n) is 4.28. The van der Waals surface area contributed by atoms with Crippen LogP contribution in [0.3, 0.4) is 0 Å². The van der Waals surface area contributed by atoms with E-state index in [1.807, 2.05) is 17.0 Å². The Morgan fingerprint density at radius 2 is 2.12 bits per heavy atom. The Bertz CT molecular complexity index is 736. The van der Waals surface area contributed by atoms with E-state index < -0.39 is 4.92 Å². The van der Waals surface area contributed by atoms with Crippen LogP contribution >= 0.6 is 0 Å². The zero-order valence-electron chi connectivity index (χ0n) is 13.7. The van der Waals surface area contributed by atoms with Crippen LogP contribution in [0.15, 0.2) is 42.9 Å². The van der Waals surface area contributed by atoms with Gasteiger partial charge in [-0.3, -0.25) is 19.9 Å². The van der Waals surface area contributed by atoms with Crippen molar-refractivity contribution in [1.82, 2.24) is 15.3 Å². The van der Waals surface area contributed by atoms with Crippen LogP contribution in [0.5, 0.6) is 0 Å². The molecule has 0 bridgehead atoms. The van der Waals surface area contributed by atoms with Crippen molar-refractivity contribution in [3.8, 4) is 0 Å². The zero-order chi connectivity index (χ0) is 17.6. The van der Waals surface area contributed by atoms with E-state index in [2.05, 4.69) is 15.3 Å². The molecule has 0 radical (unpaired) electrons. The standard InChI is InChI=1S/C17H19N5O3/c23-17(20-10-13-5-7-18-8-6-13)14-2-1-9-21(12-14)16-4-3-15(11-19-16)22(24)25/h3-8,11,14H,1-2,9-10,12H2,(H,20,23)/t14-/m0/s1. The molecule has 2 aromatic heterocycles. The molecular formula is C17H19N5O3. The monoisotopic (exact) mass is 341 g/mol. The van der Waals surface area contributed by atoms with E-state index in [-0.39, 0.29) is 17.5 Å². The normalized spacial score (nSPS) is 17.1. The summed E-state index contributed by atoms with van der Waals surface area (Å²) in [5, 5.41) is 13.7. The molecule has 0 aromatic carbocycles. The predicted molar refractivity (Wildman–Crippen MR) is 91.9 cm³/mol. The third-order valence-corrected chi connectivity index (χ3v) is 4.28. The number of piperidine rings is 1. The van der Waals surface area contributed by atoms with Gasteiger partial charge >= 0.3 is 0 Å². The minimum Gasteiger partial charge on any atom is -0.356 e. The van der Waals surface area contributed by atoms with Gasteiger partial charge in [0, 0.05) is 38.1 Å². The van der Waals surface area contributed by atoms with Gasteiger partial charge in [-0.15, -0.1) is 0 Å². The number of hydrogen-bond acceptors (Lipinski definition) is 6. The Balaban J connectivity index is 1.58. The van der Waals surface area contributed by atoms with Crippen molar-refractivity contribution in [2.45, 2.75) is 19.4 Å². The lowest BCUT2D eigenvalue weighted by atomic mass is 9.97. The van der Waals surface area contributed by atoms with E-state index in [4.69, 9.17) is 0 Å². The summed E-state index contributed by atoms with van der Waals surface area (Å²) in [5.41, 5.74) is 0.973. The van der Waals surface area contributed by atoms with Crippen molar-refractivity contribution >= 4 is 17.4 Å². The van der Waals surface area contributed by atoms with E-state index in [0.717, 1.165) is 24.9 Å². The summed E-state index contributed by atoms with van der Waals surface area (Å²) in [7, 11) is 0. The highest BCUT2D eigenvalue weighted by atomic mass is 16.6. The molecule has 0 aliphatic carbocycles. The van der Waals surface area contributed by atoms with E-state index >= 15 is 0 Å². The van der Waals surface area contributed by atoms with Gasteiger partial charge < -0.3 is 10.2 Å². The summed E-state index contributed by atoms with van der Waals surface area (Å²) in [6.07, 6.45) is 6.36. The van der Waals surface area contributed by atoms with Gasteiger partial charge in [-0.05, 0) is 36.6 Å². The van der Waals surface area contributed by atoms with Gasteiger partial charge in [0.25, 0.3) is 5.69 Å². The lowest BCUT2D eigenvalue weighted by molar-refractivity contribution is -0.385. The van der Waals surface area contributed by atoms with Crippen LogP contribution in [0.2, 0.25) is 0 Å². The molecule has 1 N–H and O–H groups in total. The number of nitrogens with zero attached hydrogens (tertiary/aromatic N) is 4. The number of carbonyl (C=O) groups excluding carboxylic acids is 1. The van der Waals surface area contributed by atoms with Crippen LogP contribution in [0.25, 0.3) is 0 Å². The highest BCUT2D eigenvalue weighted by molar-refractivity contribution is 5.79. The van der Waals surface area contributed by atoms with Gasteiger partial charge in [0.15, 0.2) is 0 Å². The Hall–Kier alpha value is -3.03.